The monoisotopic (exact) mass is 294 g/mol. The maximum atomic E-state index is 2.49. The van der Waals surface area contributed by atoms with Crippen molar-refractivity contribution in [1.82, 2.24) is 0 Å². The zero-order chi connectivity index (χ0) is 14.8. The van der Waals surface area contributed by atoms with E-state index in [4.69, 9.17) is 0 Å². The summed E-state index contributed by atoms with van der Waals surface area (Å²) in [7, 11) is 0. The van der Waals surface area contributed by atoms with Gasteiger partial charge in [0.05, 0.1) is 0 Å². The third-order valence-electron chi connectivity index (χ3n) is 6.82. The Morgan fingerprint density at radius 2 is 1.00 bits per heavy atom. The summed E-state index contributed by atoms with van der Waals surface area (Å²) in [6, 6.07) is 0. The fraction of sp³-hybridized carbons (Fsp3) is 0.636. The minimum absolute atomic E-state index is 0.866. The molecule has 0 saturated heterocycles. The highest BCUT2D eigenvalue weighted by Crippen LogP contribution is 2.45. The molecule has 0 heterocycles. The number of hydrogen-bond acceptors (Lipinski definition) is 0. The van der Waals surface area contributed by atoms with Crippen molar-refractivity contribution in [3.05, 3.63) is 48.6 Å². The summed E-state index contributed by atoms with van der Waals surface area (Å²) >= 11 is 0. The van der Waals surface area contributed by atoms with Gasteiger partial charge < -0.3 is 0 Å². The molecular formula is C22H30. The zero-order valence-electron chi connectivity index (χ0n) is 13.7. The lowest BCUT2D eigenvalue weighted by Gasteiger charge is -2.23. The number of unbranched alkanes of at least 4 members (excludes halogenated alkanes) is 1. The van der Waals surface area contributed by atoms with Crippen molar-refractivity contribution in [3.8, 4) is 0 Å². The van der Waals surface area contributed by atoms with Gasteiger partial charge in [0.25, 0.3) is 0 Å². The first-order chi connectivity index (χ1) is 10.9. The standard InChI is InChI=1S/C22H30/c1(7-17-13-15-19-9-3-5-11-21(17)19)2-8-18-14-16-20-10-4-6-12-22(18)20/h3-6,9-12,17-22H,1-2,7-8,13-16H2/t17?,18?,19?,20?,21-,22?/m0/s1. The first-order valence-corrected chi connectivity index (χ1v) is 9.62. The predicted octanol–water partition coefficient (Wildman–Crippen LogP) is 6.08. The van der Waals surface area contributed by atoms with Crippen LogP contribution in [0.2, 0.25) is 0 Å². The van der Waals surface area contributed by atoms with Crippen molar-refractivity contribution in [1.29, 1.82) is 0 Å². The van der Waals surface area contributed by atoms with Gasteiger partial charge in [-0.3, -0.25) is 0 Å². The molecule has 5 unspecified atom stereocenters. The largest absolute Gasteiger partial charge is 0.0808 e. The first kappa shape index (κ1) is 14.5. The van der Waals surface area contributed by atoms with Gasteiger partial charge in [0.1, 0.15) is 0 Å². The van der Waals surface area contributed by atoms with Crippen LogP contribution in [-0.2, 0) is 0 Å². The molecule has 118 valence electrons. The van der Waals surface area contributed by atoms with Gasteiger partial charge >= 0.3 is 0 Å². The van der Waals surface area contributed by atoms with Crippen LogP contribution in [0.3, 0.4) is 0 Å². The molecule has 4 aliphatic rings. The summed E-state index contributed by atoms with van der Waals surface area (Å²) in [5.41, 5.74) is 0. The Morgan fingerprint density at radius 3 is 1.50 bits per heavy atom. The second-order valence-corrected chi connectivity index (χ2v) is 7.98. The van der Waals surface area contributed by atoms with Crippen LogP contribution in [0.25, 0.3) is 0 Å². The number of allylic oxidation sites excluding steroid dienone is 8. The molecule has 0 amide bonds. The molecule has 0 radical (unpaired) electrons. The Balaban J connectivity index is 1.20. The van der Waals surface area contributed by atoms with Crippen LogP contribution in [0.15, 0.2) is 48.6 Å². The number of fused-ring (bicyclic) bond motifs is 2. The predicted molar refractivity (Wildman–Crippen MR) is 94.4 cm³/mol. The molecule has 0 aromatic heterocycles. The van der Waals surface area contributed by atoms with Crippen LogP contribution in [-0.4, -0.2) is 0 Å². The summed E-state index contributed by atoms with van der Waals surface area (Å²) in [6.07, 6.45) is 30.6. The molecule has 0 aliphatic heterocycles. The summed E-state index contributed by atoms with van der Waals surface area (Å²) in [5.74, 6) is 5.41. The third-order valence-corrected chi connectivity index (χ3v) is 6.82. The Kier molecular flexibility index (Phi) is 4.37. The highest BCUT2D eigenvalue weighted by molar-refractivity contribution is 5.18. The average molecular weight is 294 g/mol. The van der Waals surface area contributed by atoms with E-state index in [0.717, 1.165) is 35.5 Å². The molecule has 0 nitrogen and oxygen atoms in total. The van der Waals surface area contributed by atoms with Gasteiger partial charge in [-0.05, 0) is 74.0 Å². The normalized spacial score (nSPS) is 41.8. The smallest absolute Gasteiger partial charge is 0.0139 e. The van der Waals surface area contributed by atoms with Gasteiger partial charge in [-0.1, -0.05) is 61.4 Å². The van der Waals surface area contributed by atoms with Gasteiger partial charge in [0.15, 0.2) is 0 Å². The fourth-order valence-corrected chi connectivity index (χ4v) is 5.62. The van der Waals surface area contributed by atoms with Crippen molar-refractivity contribution >= 4 is 0 Å². The highest BCUT2D eigenvalue weighted by Gasteiger charge is 2.34. The van der Waals surface area contributed by atoms with Crippen molar-refractivity contribution in [2.45, 2.75) is 51.4 Å². The molecule has 4 aliphatic carbocycles. The Bertz CT molecular complexity index is 446. The van der Waals surface area contributed by atoms with Crippen LogP contribution in [0.5, 0.6) is 0 Å². The molecule has 0 aromatic carbocycles. The van der Waals surface area contributed by atoms with Gasteiger partial charge in [-0.25, -0.2) is 0 Å². The van der Waals surface area contributed by atoms with Crippen LogP contribution in [0.4, 0.5) is 0 Å². The molecule has 4 rings (SSSR count). The van der Waals surface area contributed by atoms with Crippen molar-refractivity contribution < 1.29 is 0 Å². The highest BCUT2D eigenvalue weighted by atomic mass is 14.4. The fourth-order valence-electron chi connectivity index (χ4n) is 5.62. The summed E-state index contributed by atoms with van der Waals surface area (Å²) in [6.45, 7) is 0. The summed E-state index contributed by atoms with van der Waals surface area (Å²) in [5, 5.41) is 0. The van der Waals surface area contributed by atoms with Crippen LogP contribution >= 0.6 is 0 Å². The summed E-state index contributed by atoms with van der Waals surface area (Å²) < 4.78 is 0. The minimum Gasteiger partial charge on any atom is -0.0808 e. The van der Waals surface area contributed by atoms with E-state index in [1.54, 1.807) is 0 Å². The lowest BCUT2D eigenvalue weighted by atomic mass is 9.82. The molecule has 0 aromatic rings. The Morgan fingerprint density at radius 1 is 0.545 bits per heavy atom. The van der Waals surface area contributed by atoms with Crippen molar-refractivity contribution in [3.63, 3.8) is 0 Å². The van der Waals surface area contributed by atoms with Crippen molar-refractivity contribution in [2.24, 2.45) is 35.5 Å². The molecule has 0 heteroatoms. The molecule has 22 heavy (non-hydrogen) atoms. The van der Waals surface area contributed by atoms with E-state index in [2.05, 4.69) is 48.6 Å². The molecule has 6 atom stereocenters. The van der Waals surface area contributed by atoms with Gasteiger partial charge in [0, 0.05) is 0 Å². The van der Waals surface area contributed by atoms with E-state index >= 15 is 0 Å². The quantitative estimate of drug-likeness (QED) is 0.539. The van der Waals surface area contributed by atoms with Gasteiger partial charge in [-0.15, -0.1) is 0 Å². The Labute approximate surface area is 136 Å². The Hall–Kier alpha value is -1.04. The third kappa shape index (κ3) is 2.90. The average Bonchev–Trinajstić information content (AvgIpc) is 3.16. The molecule has 2 fully saturated rings. The maximum Gasteiger partial charge on any atom is -0.0139 e. The topological polar surface area (TPSA) is 0 Å². The molecular weight excluding hydrogens is 264 g/mol. The minimum atomic E-state index is 0.866. The summed E-state index contributed by atoms with van der Waals surface area (Å²) in [4.78, 5) is 0. The zero-order valence-corrected chi connectivity index (χ0v) is 13.7. The van der Waals surface area contributed by atoms with Crippen LogP contribution in [0.1, 0.15) is 51.4 Å². The number of hydrogen-bond donors (Lipinski definition) is 0. The molecule has 0 N–H and O–H groups in total. The maximum absolute atomic E-state index is 2.49. The first-order valence-electron chi connectivity index (χ1n) is 9.62. The van der Waals surface area contributed by atoms with Gasteiger partial charge in [0.2, 0.25) is 0 Å². The molecule has 2 saturated carbocycles. The van der Waals surface area contributed by atoms with Gasteiger partial charge in [-0.2, -0.15) is 0 Å². The SMILES string of the molecule is C1=CC2CCC(CCCCC3CCC4C=CC=C[C@H]43)C2C=C1. The number of rotatable bonds is 5. The second-order valence-electron chi connectivity index (χ2n) is 7.98. The van der Waals surface area contributed by atoms with Crippen molar-refractivity contribution in [2.75, 3.05) is 0 Å². The second kappa shape index (κ2) is 6.60. The lowest BCUT2D eigenvalue weighted by molar-refractivity contribution is 0.347. The van der Waals surface area contributed by atoms with Crippen LogP contribution in [0, 0.1) is 35.5 Å². The van der Waals surface area contributed by atoms with E-state index in [9.17, 15) is 0 Å². The van der Waals surface area contributed by atoms with E-state index < -0.39 is 0 Å². The van der Waals surface area contributed by atoms with E-state index in [-0.39, 0.29) is 0 Å². The van der Waals surface area contributed by atoms with E-state index in [1.165, 1.54) is 51.4 Å². The molecule has 0 bridgehead atoms. The lowest BCUT2D eigenvalue weighted by Crippen LogP contribution is -2.14. The van der Waals surface area contributed by atoms with Crippen LogP contribution < -0.4 is 0 Å². The van der Waals surface area contributed by atoms with E-state index in [1.807, 2.05) is 0 Å². The molecule has 0 spiro atoms. The van der Waals surface area contributed by atoms with E-state index in [0.29, 0.717) is 0 Å².